The first-order valence-electron chi connectivity index (χ1n) is 7.01. The molecule has 0 aliphatic rings. The summed E-state index contributed by atoms with van der Waals surface area (Å²) in [6.45, 7) is 8.84. The van der Waals surface area contributed by atoms with E-state index in [0.717, 1.165) is 12.2 Å². The molecule has 3 nitrogen and oxygen atoms in total. The maximum Gasteiger partial charge on any atom is 0.220 e. The van der Waals surface area contributed by atoms with Crippen molar-refractivity contribution in [2.24, 2.45) is 0 Å². The van der Waals surface area contributed by atoms with Crippen molar-refractivity contribution in [2.45, 2.75) is 52.5 Å². The highest BCUT2D eigenvalue weighted by atomic mass is 16.5. The normalized spacial score (nSPS) is 10.8. The molecule has 0 aliphatic heterocycles. The topological polar surface area (TPSA) is 38.3 Å². The average Bonchev–Trinajstić information content (AvgIpc) is 2.34. The lowest BCUT2D eigenvalue weighted by atomic mass is 10.0. The average molecular weight is 263 g/mol. The monoisotopic (exact) mass is 263 g/mol. The number of hydrogen-bond donors (Lipinski definition) is 1. The van der Waals surface area contributed by atoms with E-state index in [1.807, 2.05) is 26.0 Å². The Hall–Kier alpha value is -1.51. The third-order valence-corrected chi connectivity index (χ3v) is 2.81. The van der Waals surface area contributed by atoms with Crippen molar-refractivity contribution in [1.82, 2.24) is 5.32 Å². The molecular weight excluding hydrogens is 238 g/mol. The smallest absolute Gasteiger partial charge is 0.220 e. The minimum atomic E-state index is 0.0914. The van der Waals surface area contributed by atoms with E-state index in [1.54, 1.807) is 0 Å². The summed E-state index contributed by atoms with van der Waals surface area (Å²) in [5.74, 6) is 1.50. The van der Waals surface area contributed by atoms with Gasteiger partial charge in [0, 0.05) is 12.5 Å². The standard InChI is InChI=1S/C16H25NO2/c1-12(2)14-7-9-15(10-8-14)19-11-5-6-16(18)17-13(3)4/h7-10,12-13H,5-6,11H2,1-4H3,(H,17,18). The molecule has 0 atom stereocenters. The van der Waals surface area contributed by atoms with E-state index in [2.05, 4.69) is 31.3 Å². The molecule has 1 aromatic rings. The summed E-state index contributed by atoms with van der Waals surface area (Å²) in [6, 6.07) is 8.36. The number of amides is 1. The van der Waals surface area contributed by atoms with Crippen LogP contribution in [0, 0.1) is 0 Å². The fourth-order valence-corrected chi connectivity index (χ4v) is 1.77. The molecule has 0 spiro atoms. The second kappa shape index (κ2) is 7.82. The van der Waals surface area contributed by atoms with Gasteiger partial charge in [-0.2, -0.15) is 0 Å². The van der Waals surface area contributed by atoms with Crippen molar-refractivity contribution in [1.29, 1.82) is 0 Å². The van der Waals surface area contributed by atoms with Gasteiger partial charge in [-0.05, 0) is 43.9 Å². The van der Waals surface area contributed by atoms with E-state index >= 15 is 0 Å². The van der Waals surface area contributed by atoms with E-state index in [0.29, 0.717) is 18.9 Å². The molecule has 0 saturated heterocycles. The lowest BCUT2D eigenvalue weighted by molar-refractivity contribution is -0.121. The summed E-state index contributed by atoms with van der Waals surface area (Å²) in [5, 5.41) is 2.87. The number of carbonyl (C=O) groups excluding carboxylic acids is 1. The lowest BCUT2D eigenvalue weighted by Crippen LogP contribution is -2.30. The molecule has 0 saturated carbocycles. The molecule has 106 valence electrons. The summed E-state index contributed by atoms with van der Waals surface area (Å²) in [5.41, 5.74) is 1.31. The molecule has 1 aromatic carbocycles. The third-order valence-electron chi connectivity index (χ3n) is 2.81. The number of benzene rings is 1. The van der Waals surface area contributed by atoms with Gasteiger partial charge in [-0.3, -0.25) is 4.79 Å². The summed E-state index contributed by atoms with van der Waals surface area (Å²) in [7, 11) is 0. The van der Waals surface area contributed by atoms with Crippen LogP contribution in [0.15, 0.2) is 24.3 Å². The van der Waals surface area contributed by atoms with Crippen LogP contribution in [0.4, 0.5) is 0 Å². The molecule has 0 fully saturated rings. The first-order valence-corrected chi connectivity index (χ1v) is 7.01. The van der Waals surface area contributed by atoms with Gasteiger partial charge < -0.3 is 10.1 Å². The molecule has 1 amide bonds. The van der Waals surface area contributed by atoms with Gasteiger partial charge in [0.15, 0.2) is 0 Å². The van der Waals surface area contributed by atoms with Crippen LogP contribution in [0.2, 0.25) is 0 Å². The van der Waals surface area contributed by atoms with Crippen LogP contribution in [0.5, 0.6) is 5.75 Å². The van der Waals surface area contributed by atoms with Gasteiger partial charge in [-0.15, -0.1) is 0 Å². The number of hydrogen-bond acceptors (Lipinski definition) is 2. The van der Waals surface area contributed by atoms with Gasteiger partial charge in [0.2, 0.25) is 5.91 Å². The van der Waals surface area contributed by atoms with Crippen molar-refractivity contribution in [3.05, 3.63) is 29.8 Å². The Morgan fingerprint density at radius 1 is 1.16 bits per heavy atom. The van der Waals surface area contributed by atoms with Crippen LogP contribution < -0.4 is 10.1 Å². The van der Waals surface area contributed by atoms with Crippen LogP contribution >= 0.6 is 0 Å². The first kappa shape index (κ1) is 15.5. The van der Waals surface area contributed by atoms with E-state index in [4.69, 9.17) is 4.74 Å². The maximum atomic E-state index is 11.4. The Bertz CT molecular complexity index is 382. The lowest BCUT2D eigenvalue weighted by Gasteiger charge is -2.10. The summed E-state index contributed by atoms with van der Waals surface area (Å²) >= 11 is 0. The predicted octanol–water partition coefficient (Wildman–Crippen LogP) is 3.49. The zero-order valence-electron chi connectivity index (χ0n) is 12.4. The second-order valence-electron chi connectivity index (χ2n) is 5.40. The zero-order chi connectivity index (χ0) is 14.3. The van der Waals surface area contributed by atoms with E-state index in [-0.39, 0.29) is 11.9 Å². The Labute approximate surface area is 116 Å². The molecule has 0 radical (unpaired) electrons. The highest BCUT2D eigenvalue weighted by Gasteiger charge is 2.03. The quantitative estimate of drug-likeness (QED) is 0.765. The van der Waals surface area contributed by atoms with Gasteiger partial charge in [0.25, 0.3) is 0 Å². The van der Waals surface area contributed by atoms with Crippen molar-refractivity contribution >= 4 is 5.91 Å². The molecule has 3 heteroatoms. The third kappa shape index (κ3) is 6.27. The van der Waals surface area contributed by atoms with Crippen LogP contribution in [0.3, 0.4) is 0 Å². The minimum Gasteiger partial charge on any atom is -0.494 e. The molecule has 1 rings (SSSR count). The first-order chi connectivity index (χ1) is 8.99. The largest absolute Gasteiger partial charge is 0.494 e. The fourth-order valence-electron chi connectivity index (χ4n) is 1.77. The molecule has 0 unspecified atom stereocenters. The van der Waals surface area contributed by atoms with Crippen LogP contribution in [-0.4, -0.2) is 18.6 Å². The molecule has 0 bridgehead atoms. The molecule has 0 aliphatic carbocycles. The Balaban J connectivity index is 2.24. The van der Waals surface area contributed by atoms with Crippen LogP contribution in [0.25, 0.3) is 0 Å². The van der Waals surface area contributed by atoms with Crippen molar-refractivity contribution < 1.29 is 9.53 Å². The van der Waals surface area contributed by atoms with E-state index in [9.17, 15) is 4.79 Å². The zero-order valence-corrected chi connectivity index (χ0v) is 12.4. The van der Waals surface area contributed by atoms with E-state index < -0.39 is 0 Å². The Morgan fingerprint density at radius 2 is 1.79 bits per heavy atom. The van der Waals surface area contributed by atoms with Crippen molar-refractivity contribution in [2.75, 3.05) is 6.61 Å². The maximum absolute atomic E-state index is 11.4. The molecule has 1 N–H and O–H groups in total. The van der Waals surface area contributed by atoms with Gasteiger partial charge in [-0.1, -0.05) is 26.0 Å². The molecular formula is C16H25NO2. The van der Waals surface area contributed by atoms with Crippen molar-refractivity contribution in [3.63, 3.8) is 0 Å². The van der Waals surface area contributed by atoms with Crippen LogP contribution in [-0.2, 0) is 4.79 Å². The van der Waals surface area contributed by atoms with Gasteiger partial charge >= 0.3 is 0 Å². The highest BCUT2D eigenvalue weighted by Crippen LogP contribution is 2.18. The molecule has 19 heavy (non-hydrogen) atoms. The SMILES string of the molecule is CC(C)NC(=O)CCCOc1ccc(C(C)C)cc1. The van der Waals surface area contributed by atoms with Crippen LogP contribution in [0.1, 0.15) is 52.0 Å². The molecule has 0 aromatic heterocycles. The minimum absolute atomic E-state index is 0.0914. The Kier molecular flexibility index (Phi) is 6.40. The summed E-state index contributed by atoms with van der Waals surface area (Å²) in [4.78, 5) is 11.4. The van der Waals surface area contributed by atoms with Gasteiger partial charge in [0.05, 0.1) is 6.61 Å². The molecule has 0 heterocycles. The van der Waals surface area contributed by atoms with E-state index in [1.165, 1.54) is 5.56 Å². The highest BCUT2D eigenvalue weighted by molar-refractivity contribution is 5.76. The second-order valence-corrected chi connectivity index (χ2v) is 5.40. The summed E-state index contributed by atoms with van der Waals surface area (Å²) in [6.07, 6.45) is 1.26. The number of nitrogens with one attached hydrogen (secondary N) is 1. The number of carbonyl (C=O) groups is 1. The van der Waals surface area contributed by atoms with Gasteiger partial charge in [0.1, 0.15) is 5.75 Å². The van der Waals surface area contributed by atoms with Crippen molar-refractivity contribution in [3.8, 4) is 5.75 Å². The predicted molar refractivity (Wildman–Crippen MR) is 78.5 cm³/mol. The Morgan fingerprint density at radius 3 is 2.32 bits per heavy atom. The number of ether oxygens (including phenoxy) is 1. The number of rotatable bonds is 7. The van der Waals surface area contributed by atoms with Gasteiger partial charge in [-0.25, -0.2) is 0 Å². The fraction of sp³-hybridized carbons (Fsp3) is 0.562. The summed E-state index contributed by atoms with van der Waals surface area (Å²) < 4.78 is 5.62.